The number of hydrogen-bond donors (Lipinski definition) is 4. The molecule has 0 fully saturated rings. The van der Waals surface area contributed by atoms with E-state index in [1.165, 1.54) is 0 Å². The van der Waals surface area contributed by atoms with Gasteiger partial charge in [-0.05, 0) is 13.8 Å². The Balaban J connectivity index is -0.000000205. The van der Waals surface area contributed by atoms with Crippen LogP contribution in [0, 0.1) is 0 Å². The molecule has 4 N–H and O–H groups in total. The topological polar surface area (TPSA) is 124 Å². The highest BCUT2D eigenvalue weighted by Crippen LogP contribution is 1.90. The third kappa shape index (κ3) is 67.5. The Morgan fingerprint density at radius 3 is 1.65 bits per heavy atom. The smallest absolute Gasteiger partial charge is 0.401 e. The summed E-state index contributed by atoms with van der Waals surface area (Å²) in [5.74, 6) is 0. The maximum atomic E-state index is 8.77. The van der Waals surface area contributed by atoms with Gasteiger partial charge in [-0.25, -0.2) is 9.59 Å². The lowest BCUT2D eigenvalue weighted by molar-refractivity contribution is -0.0177. The maximum Gasteiger partial charge on any atom is 0.401 e. The molecule has 0 bridgehead atoms. The fourth-order valence-corrected chi connectivity index (χ4v) is 0.356. The molecular weight excluding hydrogens is 279 g/mol. The van der Waals surface area contributed by atoms with E-state index in [0.29, 0.717) is 6.61 Å². The van der Waals surface area contributed by atoms with Crippen molar-refractivity contribution >= 4 is 34.1 Å². The first-order chi connectivity index (χ1) is 7.63. The van der Waals surface area contributed by atoms with Crippen molar-refractivity contribution in [2.45, 2.75) is 26.1 Å². The van der Waals surface area contributed by atoms with Crippen LogP contribution in [-0.4, -0.2) is 56.7 Å². The molecule has 104 valence electrons. The largest absolute Gasteiger partial charge is 0.469 e. The number of halogens is 2. The molecule has 9 heteroatoms. The minimum atomic E-state index is -1.36. The standard InChI is InChI=1S/C6H14O3.2CHClO2/c1-5(8)4-9-6(2)3-7;2*2-1(3)4/h5-8H,3-4H2,1-2H3;2*(H,3,4). The Kier molecular flexibility index (Phi) is 19.6. The highest BCUT2D eigenvalue weighted by atomic mass is 35.5. The predicted octanol–water partition coefficient (Wildman–Crippen LogP) is 1.57. The minimum Gasteiger partial charge on any atom is -0.469 e. The Bertz CT molecular complexity index is 178. The van der Waals surface area contributed by atoms with Gasteiger partial charge >= 0.3 is 10.9 Å². The average Bonchev–Trinajstić information content (AvgIpc) is 2.12. The summed E-state index contributed by atoms with van der Waals surface area (Å²) in [5.41, 5.74) is -2.72. The van der Waals surface area contributed by atoms with Crippen molar-refractivity contribution in [3.63, 3.8) is 0 Å². The van der Waals surface area contributed by atoms with Gasteiger partial charge < -0.3 is 25.2 Å². The molecule has 0 amide bonds. The summed E-state index contributed by atoms with van der Waals surface area (Å²) >= 11 is 8.38. The van der Waals surface area contributed by atoms with Gasteiger partial charge in [-0.15, -0.1) is 0 Å². The van der Waals surface area contributed by atoms with Crippen LogP contribution in [0.2, 0.25) is 0 Å². The molecule has 0 aromatic heterocycles. The van der Waals surface area contributed by atoms with Crippen LogP contribution >= 0.6 is 23.2 Å². The summed E-state index contributed by atoms with van der Waals surface area (Å²) in [4.78, 5) is 17.5. The SMILES string of the molecule is CC(O)COC(C)CO.O=C(O)Cl.O=C(O)Cl. The van der Waals surface area contributed by atoms with Gasteiger partial charge in [0.05, 0.1) is 25.4 Å². The van der Waals surface area contributed by atoms with Gasteiger partial charge in [-0.1, -0.05) is 0 Å². The fourth-order valence-electron chi connectivity index (χ4n) is 0.356. The van der Waals surface area contributed by atoms with Crippen LogP contribution in [0.4, 0.5) is 9.59 Å². The molecule has 0 aliphatic heterocycles. The lowest BCUT2D eigenvalue weighted by Gasteiger charge is -2.10. The van der Waals surface area contributed by atoms with E-state index in [1.54, 1.807) is 13.8 Å². The van der Waals surface area contributed by atoms with E-state index >= 15 is 0 Å². The molecule has 0 saturated heterocycles. The number of carboxylic acid groups (broad SMARTS) is 2. The highest BCUT2D eigenvalue weighted by molar-refractivity contribution is 6.60. The average molecular weight is 295 g/mol. The lowest BCUT2D eigenvalue weighted by Crippen LogP contribution is -2.19. The van der Waals surface area contributed by atoms with Crippen molar-refractivity contribution in [2.24, 2.45) is 0 Å². The Morgan fingerprint density at radius 2 is 1.47 bits per heavy atom. The number of aliphatic hydroxyl groups excluding tert-OH is 2. The second-order valence-electron chi connectivity index (χ2n) is 2.68. The molecule has 2 unspecified atom stereocenters. The zero-order chi connectivity index (χ0) is 14.4. The summed E-state index contributed by atoms with van der Waals surface area (Å²) in [6.45, 7) is 3.70. The second kappa shape index (κ2) is 15.4. The van der Waals surface area contributed by atoms with Crippen LogP contribution in [0.5, 0.6) is 0 Å². The van der Waals surface area contributed by atoms with E-state index < -0.39 is 17.0 Å². The van der Waals surface area contributed by atoms with Gasteiger partial charge in [-0.2, -0.15) is 0 Å². The Labute approximate surface area is 109 Å². The number of hydrogen-bond acceptors (Lipinski definition) is 5. The van der Waals surface area contributed by atoms with Crippen LogP contribution in [0.25, 0.3) is 0 Å². The molecule has 0 aliphatic rings. The van der Waals surface area contributed by atoms with Crippen molar-refractivity contribution in [1.29, 1.82) is 0 Å². The summed E-state index contributed by atoms with van der Waals surface area (Å²) in [7, 11) is 0. The molecule has 17 heavy (non-hydrogen) atoms. The molecule has 0 aliphatic carbocycles. The molecule has 2 atom stereocenters. The van der Waals surface area contributed by atoms with Gasteiger partial charge in [0.25, 0.3) is 0 Å². The summed E-state index contributed by atoms with van der Waals surface area (Å²) in [6, 6.07) is 0. The first kappa shape index (κ1) is 21.7. The minimum absolute atomic E-state index is 0.00667. The molecule has 0 aromatic carbocycles. The Hall–Kier alpha value is -0.600. The molecule has 0 aromatic rings. The first-order valence-electron chi connectivity index (χ1n) is 4.30. The highest BCUT2D eigenvalue weighted by Gasteiger charge is 2.00. The quantitative estimate of drug-likeness (QED) is 0.580. The van der Waals surface area contributed by atoms with Crippen molar-refractivity contribution in [1.82, 2.24) is 0 Å². The van der Waals surface area contributed by atoms with Gasteiger partial charge in [-0.3, -0.25) is 0 Å². The first-order valence-corrected chi connectivity index (χ1v) is 5.06. The van der Waals surface area contributed by atoms with Gasteiger partial charge in [0.2, 0.25) is 0 Å². The van der Waals surface area contributed by atoms with Crippen LogP contribution in [-0.2, 0) is 4.74 Å². The van der Waals surface area contributed by atoms with E-state index in [-0.39, 0.29) is 12.7 Å². The van der Waals surface area contributed by atoms with Crippen LogP contribution < -0.4 is 0 Å². The van der Waals surface area contributed by atoms with Crippen molar-refractivity contribution in [3.8, 4) is 0 Å². The third-order valence-corrected chi connectivity index (χ3v) is 0.879. The monoisotopic (exact) mass is 294 g/mol. The lowest BCUT2D eigenvalue weighted by atomic mass is 10.4. The van der Waals surface area contributed by atoms with E-state index in [0.717, 1.165) is 0 Å². The predicted molar refractivity (Wildman–Crippen MR) is 61.9 cm³/mol. The van der Waals surface area contributed by atoms with E-state index in [9.17, 15) is 0 Å². The van der Waals surface area contributed by atoms with E-state index in [1.807, 2.05) is 0 Å². The second-order valence-corrected chi connectivity index (χ2v) is 3.33. The summed E-state index contributed by atoms with van der Waals surface area (Å²) in [6.07, 6.45) is -0.612. The number of rotatable bonds is 4. The molecule has 0 saturated carbocycles. The molecular formula is C8H16Cl2O7. The summed E-state index contributed by atoms with van der Waals surface area (Å²) < 4.78 is 4.95. The van der Waals surface area contributed by atoms with Crippen LogP contribution in [0.3, 0.4) is 0 Å². The zero-order valence-electron chi connectivity index (χ0n) is 9.34. The molecule has 7 nitrogen and oxygen atoms in total. The van der Waals surface area contributed by atoms with Crippen molar-refractivity contribution in [2.75, 3.05) is 13.2 Å². The van der Waals surface area contributed by atoms with Gasteiger partial charge in [0.15, 0.2) is 0 Å². The molecule has 0 radical (unpaired) electrons. The van der Waals surface area contributed by atoms with Gasteiger partial charge in [0, 0.05) is 23.2 Å². The molecule has 0 spiro atoms. The van der Waals surface area contributed by atoms with Crippen molar-refractivity contribution in [3.05, 3.63) is 0 Å². The van der Waals surface area contributed by atoms with Crippen molar-refractivity contribution < 1.29 is 34.8 Å². The van der Waals surface area contributed by atoms with Crippen LogP contribution in [0.1, 0.15) is 13.8 Å². The number of ether oxygens (including phenoxy) is 1. The normalized spacial score (nSPS) is 12.1. The third-order valence-electron chi connectivity index (χ3n) is 0.879. The van der Waals surface area contributed by atoms with Gasteiger partial charge in [0.1, 0.15) is 0 Å². The fraction of sp³-hybridized carbons (Fsp3) is 0.750. The zero-order valence-corrected chi connectivity index (χ0v) is 10.9. The number of aliphatic hydroxyl groups is 2. The van der Waals surface area contributed by atoms with E-state index in [2.05, 4.69) is 23.2 Å². The molecule has 0 heterocycles. The molecule has 0 rings (SSSR count). The maximum absolute atomic E-state index is 8.77. The Morgan fingerprint density at radius 1 is 1.18 bits per heavy atom. The van der Waals surface area contributed by atoms with Crippen LogP contribution in [0.15, 0.2) is 0 Å². The summed E-state index contributed by atoms with van der Waals surface area (Å²) in [5, 5.41) is 31.5. The number of carbonyl (C=O) groups is 2. The van der Waals surface area contributed by atoms with E-state index in [4.69, 9.17) is 34.8 Å².